The number of ketones is 1. The highest BCUT2D eigenvalue weighted by molar-refractivity contribution is 5.96. The molecule has 0 spiro atoms. The maximum atomic E-state index is 12.2. The van der Waals surface area contributed by atoms with Gasteiger partial charge in [0.1, 0.15) is 0 Å². The van der Waals surface area contributed by atoms with Crippen LogP contribution in [0.1, 0.15) is 49.4 Å². The Kier molecular flexibility index (Phi) is 5.33. The van der Waals surface area contributed by atoms with Crippen molar-refractivity contribution in [2.24, 2.45) is 10.9 Å². The standard InChI is InChI=1S/C17H24N2O/c1-3-19(2)13-18-16-10-8-15(9-11-16)17(20)12-14-6-4-5-7-14/h8-11,13-14H,3-7,12H2,1-2H3. The Morgan fingerprint density at radius 2 is 1.95 bits per heavy atom. The van der Waals surface area contributed by atoms with E-state index in [0.29, 0.717) is 12.3 Å². The van der Waals surface area contributed by atoms with E-state index in [9.17, 15) is 4.79 Å². The Bertz CT molecular complexity index is 458. The number of carbonyl (C=O) groups excluding carboxylic acids is 1. The fraction of sp³-hybridized carbons (Fsp3) is 0.529. The van der Waals surface area contributed by atoms with E-state index in [0.717, 1.165) is 17.8 Å². The number of hydrogen-bond donors (Lipinski definition) is 0. The number of hydrogen-bond acceptors (Lipinski definition) is 2. The topological polar surface area (TPSA) is 32.7 Å². The number of Topliss-reactive ketones (excluding diaryl/α,β-unsaturated/α-hetero) is 1. The lowest BCUT2D eigenvalue weighted by atomic mass is 9.97. The summed E-state index contributed by atoms with van der Waals surface area (Å²) in [6.07, 6.45) is 7.54. The number of carbonyl (C=O) groups is 1. The zero-order valence-corrected chi connectivity index (χ0v) is 12.5. The maximum absolute atomic E-state index is 12.2. The first kappa shape index (κ1) is 14.8. The number of rotatable bonds is 6. The Labute approximate surface area is 121 Å². The van der Waals surface area contributed by atoms with E-state index in [1.54, 1.807) is 0 Å². The lowest BCUT2D eigenvalue weighted by Gasteiger charge is -2.09. The monoisotopic (exact) mass is 272 g/mol. The van der Waals surface area contributed by atoms with Gasteiger partial charge < -0.3 is 4.90 Å². The van der Waals surface area contributed by atoms with Crippen LogP contribution in [0.4, 0.5) is 5.69 Å². The number of aliphatic imine (C=N–C) groups is 1. The van der Waals surface area contributed by atoms with Crippen LogP contribution in [0.25, 0.3) is 0 Å². The number of benzene rings is 1. The van der Waals surface area contributed by atoms with E-state index < -0.39 is 0 Å². The molecule has 1 saturated carbocycles. The molecule has 0 amide bonds. The third kappa shape index (κ3) is 4.19. The molecule has 0 unspecified atom stereocenters. The van der Waals surface area contributed by atoms with Gasteiger partial charge in [0.2, 0.25) is 0 Å². The fourth-order valence-electron chi connectivity index (χ4n) is 2.57. The quantitative estimate of drug-likeness (QED) is 0.444. The van der Waals surface area contributed by atoms with Crippen molar-refractivity contribution in [3.05, 3.63) is 29.8 Å². The van der Waals surface area contributed by atoms with E-state index in [2.05, 4.69) is 11.9 Å². The van der Waals surface area contributed by atoms with E-state index in [-0.39, 0.29) is 5.78 Å². The van der Waals surface area contributed by atoms with Crippen LogP contribution in [0.2, 0.25) is 0 Å². The van der Waals surface area contributed by atoms with Gasteiger partial charge in [-0.15, -0.1) is 0 Å². The van der Waals surface area contributed by atoms with Crippen LogP contribution in [0.5, 0.6) is 0 Å². The maximum Gasteiger partial charge on any atom is 0.163 e. The van der Waals surface area contributed by atoms with Gasteiger partial charge in [-0.3, -0.25) is 4.79 Å². The summed E-state index contributed by atoms with van der Waals surface area (Å²) in [6.45, 7) is 3.01. The molecule has 0 atom stereocenters. The highest BCUT2D eigenvalue weighted by atomic mass is 16.1. The minimum absolute atomic E-state index is 0.276. The summed E-state index contributed by atoms with van der Waals surface area (Å²) < 4.78 is 0. The first-order valence-corrected chi connectivity index (χ1v) is 7.56. The molecular formula is C17H24N2O. The largest absolute Gasteiger partial charge is 0.366 e. The van der Waals surface area contributed by atoms with Gasteiger partial charge in [-0.25, -0.2) is 4.99 Å². The van der Waals surface area contributed by atoms with E-state index in [1.165, 1.54) is 25.7 Å². The van der Waals surface area contributed by atoms with Crippen molar-refractivity contribution in [3.63, 3.8) is 0 Å². The molecule has 1 aliphatic carbocycles. The number of nitrogens with zero attached hydrogens (tertiary/aromatic N) is 2. The highest BCUT2D eigenvalue weighted by Crippen LogP contribution is 2.28. The van der Waals surface area contributed by atoms with Crippen molar-refractivity contribution in [1.82, 2.24) is 4.90 Å². The predicted molar refractivity (Wildman–Crippen MR) is 83.8 cm³/mol. The molecule has 0 radical (unpaired) electrons. The lowest BCUT2D eigenvalue weighted by Crippen LogP contribution is -2.14. The lowest BCUT2D eigenvalue weighted by molar-refractivity contribution is 0.0962. The van der Waals surface area contributed by atoms with Crippen molar-refractivity contribution in [1.29, 1.82) is 0 Å². The molecule has 0 aliphatic heterocycles. The van der Waals surface area contributed by atoms with E-state index in [4.69, 9.17) is 0 Å². The van der Waals surface area contributed by atoms with Crippen molar-refractivity contribution >= 4 is 17.8 Å². The van der Waals surface area contributed by atoms with Gasteiger partial charge in [-0.1, -0.05) is 25.7 Å². The third-order valence-electron chi connectivity index (χ3n) is 4.04. The average Bonchev–Trinajstić information content (AvgIpc) is 2.98. The van der Waals surface area contributed by atoms with Crippen LogP contribution < -0.4 is 0 Å². The summed E-state index contributed by atoms with van der Waals surface area (Å²) in [5.41, 5.74) is 1.71. The molecule has 3 heteroatoms. The van der Waals surface area contributed by atoms with Gasteiger partial charge in [-0.05, 0) is 37.1 Å². The molecule has 1 aromatic rings. The molecule has 1 fully saturated rings. The third-order valence-corrected chi connectivity index (χ3v) is 4.04. The average molecular weight is 272 g/mol. The van der Waals surface area contributed by atoms with Crippen molar-refractivity contribution in [2.45, 2.75) is 39.0 Å². The molecule has 0 bridgehead atoms. The van der Waals surface area contributed by atoms with Crippen LogP contribution in [0.3, 0.4) is 0 Å². The van der Waals surface area contributed by atoms with Gasteiger partial charge in [0.25, 0.3) is 0 Å². The Morgan fingerprint density at radius 1 is 1.30 bits per heavy atom. The zero-order chi connectivity index (χ0) is 14.4. The Balaban J connectivity index is 1.93. The highest BCUT2D eigenvalue weighted by Gasteiger charge is 2.19. The van der Waals surface area contributed by atoms with Crippen LogP contribution in [0.15, 0.2) is 29.3 Å². The van der Waals surface area contributed by atoms with Crippen molar-refractivity contribution < 1.29 is 4.79 Å². The molecule has 0 N–H and O–H groups in total. The van der Waals surface area contributed by atoms with Gasteiger partial charge >= 0.3 is 0 Å². The fourth-order valence-corrected chi connectivity index (χ4v) is 2.57. The second-order valence-electron chi connectivity index (χ2n) is 5.64. The summed E-state index contributed by atoms with van der Waals surface area (Å²) in [5, 5.41) is 0. The van der Waals surface area contributed by atoms with Gasteiger partial charge in [-0.2, -0.15) is 0 Å². The molecular weight excluding hydrogens is 248 g/mol. The SMILES string of the molecule is CCN(C)C=Nc1ccc(C(=O)CC2CCCC2)cc1. The summed E-state index contributed by atoms with van der Waals surface area (Å²) >= 11 is 0. The van der Waals surface area contributed by atoms with Crippen LogP contribution in [0, 0.1) is 5.92 Å². The smallest absolute Gasteiger partial charge is 0.163 e. The molecule has 1 aliphatic rings. The second kappa shape index (κ2) is 7.22. The van der Waals surface area contributed by atoms with Crippen molar-refractivity contribution in [2.75, 3.05) is 13.6 Å². The molecule has 3 nitrogen and oxygen atoms in total. The van der Waals surface area contributed by atoms with Gasteiger partial charge in [0.05, 0.1) is 12.0 Å². The first-order valence-electron chi connectivity index (χ1n) is 7.56. The summed E-state index contributed by atoms with van der Waals surface area (Å²) in [7, 11) is 1.99. The summed E-state index contributed by atoms with van der Waals surface area (Å²) in [5.74, 6) is 0.886. The van der Waals surface area contributed by atoms with Gasteiger partial charge in [0, 0.05) is 25.6 Å². The zero-order valence-electron chi connectivity index (χ0n) is 12.5. The van der Waals surface area contributed by atoms with Crippen LogP contribution in [-0.4, -0.2) is 30.6 Å². The minimum atomic E-state index is 0.276. The van der Waals surface area contributed by atoms with Gasteiger partial charge in [0.15, 0.2) is 5.78 Å². The second-order valence-corrected chi connectivity index (χ2v) is 5.64. The summed E-state index contributed by atoms with van der Waals surface area (Å²) in [6, 6.07) is 7.63. The normalized spacial score (nSPS) is 15.9. The molecule has 20 heavy (non-hydrogen) atoms. The Hall–Kier alpha value is -1.64. The molecule has 1 aromatic carbocycles. The van der Waals surface area contributed by atoms with E-state index in [1.807, 2.05) is 42.6 Å². The first-order chi connectivity index (χ1) is 9.69. The van der Waals surface area contributed by atoms with Crippen LogP contribution in [-0.2, 0) is 0 Å². The van der Waals surface area contributed by atoms with Crippen molar-refractivity contribution in [3.8, 4) is 0 Å². The van der Waals surface area contributed by atoms with Crippen LogP contribution >= 0.6 is 0 Å². The molecule has 108 valence electrons. The molecule has 2 rings (SSSR count). The summed E-state index contributed by atoms with van der Waals surface area (Å²) in [4.78, 5) is 18.6. The van der Waals surface area contributed by atoms with E-state index >= 15 is 0 Å². The molecule has 0 heterocycles. The molecule has 0 saturated heterocycles. The minimum Gasteiger partial charge on any atom is -0.366 e. The Morgan fingerprint density at radius 3 is 2.55 bits per heavy atom. The predicted octanol–water partition coefficient (Wildman–Crippen LogP) is 4.06. The molecule has 0 aromatic heterocycles.